The number of methoxy groups -OCH3 is 1. The van der Waals surface area contributed by atoms with Gasteiger partial charge in [0.05, 0.1) is 24.5 Å². The van der Waals surface area contributed by atoms with Gasteiger partial charge in [-0.15, -0.1) is 0 Å². The van der Waals surface area contributed by atoms with Crippen LogP contribution in [-0.2, 0) is 4.79 Å². The molecule has 0 atom stereocenters. The molecule has 0 aliphatic carbocycles. The van der Waals surface area contributed by atoms with Crippen LogP contribution in [0, 0.1) is 10.1 Å². The smallest absolute Gasteiger partial charge is 0.332 e. The quantitative estimate of drug-likeness (QED) is 0.406. The first-order valence-corrected chi connectivity index (χ1v) is 6.04. The Hall–Kier alpha value is -3.17. The van der Waals surface area contributed by atoms with Gasteiger partial charge in [-0.25, -0.2) is 10.2 Å². The van der Waals surface area contributed by atoms with E-state index in [2.05, 4.69) is 10.4 Å². The van der Waals surface area contributed by atoms with E-state index in [1.165, 1.54) is 32.2 Å². The van der Waals surface area contributed by atoms with Crippen LogP contribution in [0.4, 0.5) is 16.2 Å². The van der Waals surface area contributed by atoms with Crippen molar-refractivity contribution < 1.29 is 19.2 Å². The number of carbonyl (C=O) groups is 2. The molecule has 10 heteroatoms. The average molecular weight is 309 g/mol. The normalized spacial score (nSPS) is 10.7. The summed E-state index contributed by atoms with van der Waals surface area (Å²) in [7, 11) is 1.38. The van der Waals surface area contributed by atoms with Crippen molar-refractivity contribution in [1.82, 2.24) is 5.43 Å². The predicted octanol–water partition coefficient (Wildman–Crippen LogP) is 0.976. The minimum absolute atomic E-state index is 0.0338. The molecule has 0 unspecified atom stereocenters. The maximum Gasteiger partial charge on any atom is 0.332 e. The number of benzene rings is 1. The summed E-state index contributed by atoms with van der Waals surface area (Å²) in [6, 6.07) is 3.19. The summed E-state index contributed by atoms with van der Waals surface area (Å²) in [5, 5.41) is 17.0. The number of nitro groups is 1. The summed E-state index contributed by atoms with van der Waals surface area (Å²) in [4.78, 5) is 32.6. The first-order valence-electron chi connectivity index (χ1n) is 6.04. The Morgan fingerprint density at radius 2 is 2.14 bits per heavy atom. The Kier molecular flexibility index (Phi) is 5.81. The zero-order chi connectivity index (χ0) is 16.7. The molecule has 0 aliphatic heterocycles. The van der Waals surface area contributed by atoms with Crippen LogP contribution in [0.25, 0.3) is 0 Å². The summed E-state index contributed by atoms with van der Waals surface area (Å²) in [5.74, 6) is -0.228. The molecule has 1 aromatic carbocycles. The molecule has 1 aromatic rings. The number of carbonyl (C=O) groups excluding carboxylic acids is 2. The number of ether oxygens (including phenoxy) is 1. The molecule has 0 bridgehead atoms. The van der Waals surface area contributed by atoms with E-state index in [1.54, 1.807) is 0 Å². The highest BCUT2D eigenvalue weighted by Gasteiger charge is 2.17. The number of nitrogens with zero attached hydrogens (tertiary/aromatic N) is 2. The Bertz CT molecular complexity index is 628. The number of urea groups is 1. The van der Waals surface area contributed by atoms with Gasteiger partial charge >= 0.3 is 6.03 Å². The van der Waals surface area contributed by atoms with Gasteiger partial charge in [-0.3, -0.25) is 14.9 Å². The minimum Gasteiger partial charge on any atom is -0.496 e. The number of amides is 3. The lowest BCUT2D eigenvalue weighted by Gasteiger charge is -2.07. The second-order valence-electron chi connectivity index (χ2n) is 4.19. The van der Waals surface area contributed by atoms with Gasteiger partial charge in [0.2, 0.25) is 5.91 Å². The van der Waals surface area contributed by atoms with Crippen molar-refractivity contribution in [1.29, 1.82) is 0 Å². The lowest BCUT2D eigenvalue weighted by atomic mass is 10.2. The minimum atomic E-state index is -0.856. The van der Waals surface area contributed by atoms with E-state index in [9.17, 15) is 19.7 Å². The molecule has 0 aromatic heterocycles. The summed E-state index contributed by atoms with van der Waals surface area (Å²) >= 11 is 0. The van der Waals surface area contributed by atoms with Gasteiger partial charge in [0.1, 0.15) is 11.4 Å². The average Bonchev–Trinajstić information content (AvgIpc) is 2.45. The summed E-state index contributed by atoms with van der Waals surface area (Å²) in [5.41, 5.74) is 6.84. The third-order valence-corrected chi connectivity index (χ3v) is 2.45. The summed E-state index contributed by atoms with van der Waals surface area (Å²) in [6.07, 6.45) is -0.163. The number of rotatable bonds is 6. The van der Waals surface area contributed by atoms with Crippen LogP contribution >= 0.6 is 0 Å². The maximum absolute atomic E-state index is 11.8. The molecule has 0 spiro atoms. The van der Waals surface area contributed by atoms with Crippen LogP contribution < -0.4 is 21.2 Å². The van der Waals surface area contributed by atoms with Gasteiger partial charge in [-0.05, 0) is 19.1 Å². The van der Waals surface area contributed by atoms with Gasteiger partial charge in [-0.2, -0.15) is 5.10 Å². The van der Waals surface area contributed by atoms with Gasteiger partial charge < -0.3 is 15.8 Å². The van der Waals surface area contributed by atoms with Crippen molar-refractivity contribution in [2.24, 2.45) is 10.8 Å². The largest absolute Gasteiger partial charge is 0.496 e. The van der Waals surface area contributed by atoms with Crippen molar-refractivity contribution in [3.05, 3.63) is 28.3 Å². The van der Waals surface area contributed by atoms with E-state index >= 15 is 0 Å². The second kappa shape index (κ2) is 7.57. The number of nitro benzene ring substituents is 1. The van der Waals surface area contributed by atoms with E-state index in [1.807, 2.05) is 5.43 Å². The Morgan fingerprint density at radius 1 is 1.45 bits per heavy atom. The molecule has 0 radical (unpaired) electrons. The van der Waals surface area contributed by atoms with E-state index in [0.717, 1.165) is 0 Å². The highest BCUT2D eigenvalue weighted by molar-refractivity contribution is 6.06. The van der Waals surface area contributed by atoms with Gasteiger partial charge in [0, 0.05) is 5.71 Å². The van der Waals surface area contributed by atoms with E-state index in [-0.39, 0.29) is 23.5 Å². The van der Waals surface area contributed by atoms with Crippen LogP contribution in [0.1, 0.15) is 13.3 Å². The van der Waals surface area contributed by atoms with Gasteiger partial charge in [0.15, 0.2) is 0 Å². The maximum atomic E-state index is 11.8. The van der Waals surface area contributed by atoms with Crippen LogP contribution in [-0.4, -0.2) is 29.7 Å². The third-order valence-electron chi connectivity index (χ3n) is 2.45. The van der Waals surface area contributed by atoms with Crippen molar-refractivity contribution >= 4 is 29.0 Å². The number of nitrogens with one attached hydrogen (secondary N) is 2. The molecule has 0 saturated heterocycles. The molecule has 0 aliphatic rings. The molecule has 3 amide bonds. The fourth-order valence-electron chi connectivity index (χ4n) is 1.51. The van der Waals surface area contributed by atoms with Crippen LogP contribution in [0.15, 0.2) is 23.3 Å². The number of anilines is 1. The van der Waals surface area contributed by atoms with Crippen molar-refractivity contribution in [2.75, 3.05) is 12.4 Å². The SMILES string of the molecule is COc1ccc(NC(=O)CC(C)=NNC(N)=O)c([N+](=O)[O-])c1. The first-order chi connectivity index (χ1) is 10.3. The Labute approximate surface area is 125 Å². The lowest BCUT2D eigenvalue weighted by molar-refractivity contribution is -0.384. The van der Waals surface area contributed by atoms with Crippen molar-refractivity contribution in [3.63, 3.8) is 0 Å². The molecule has 10 nitrogen and oxygen atoms in total. The van der Waals surface area contributed by atoms with Crippen LogP contribution in [0.2, 0.25) is 0 Å². The monoisotopic (exact) mass is 309 g/mol. The van der Waals surface area contributed by atoms with E-state index in [4.69, 9.17) is 10.5 Å². The molecule has 0 saturated carbocycles. The fraction of sp³-hybridized carbons (Fsp3) is 0.250. The fourth-order valence-corrected chi connectivity index (χ4v) is 1.51. The highest BCUT2D eigenvalue weighted by Crippen LogP contribution is 2.28. The number of hydrogen-bond acceptors (Lipinski definition) is 6. The molecule has 4 N–H and O–H groups in total. The topological polar surface area (TPSA) is 149 Å². The molecule has 118 valence electrons. The first kappa shape index (κ1) is 16.9. The number of nitrogens with two attached hydrogens (primary N) is 1. The zero-order valence-electron chi connectivity index (χ0n) is 12.0. The Morgan fingerprint density at radius 3 is 2.68 bits per heavy atom. The van der Waals surface area contributed by atoms with Crippen LogP contribution in [0.5, 0.6) is 5.75 Å². The second-order valence-corrected chi connectivity index (χ2v) is 4.19. The van der Waals surface area contributed by atoms with Crippen molar-refractivity contribution in [2.45, 2.75) is 13.3 Å². The Balaban J connectivity index is 2.82. The molecule has 0 heterocycles. The molecule has 1 rings (SSSR count). The van der Waals surface area contributed by atoms with E-state index < -0.39 is 16.9 Å². The predicted molar refractivity (Wildman–Crippen MR) is 78.7 cm³/mol. The number of hydrazone groups is 1. The standard InChI is InChI=1S/C12H15N5O5/c1-7(15-16-12(13)19)5-11(18)14-9-4-3-8(22-2)6-10(9)17(20)21/h3-4,6H,5H2,1-2H3,(H,14,18)(H3,13,16,19). The molecule has 0 fully saturated rings. The molecular formula is C12H15N5O5. The molecule has 22 heavy (non-hydrogen) atoms. The van der Waals surface area contributed by atoms with Gasteiger partial charge in [-0.1, -0.05) is 0 Å². The number of hydrogen-bond donors (Lipinski definition) is 3. The highest BCUT2D eigenvalue weighted by atomic mass is 16.6. The van der Waals surface area contributed by atoms with Crippen molar-refractivity contribution in [3.8, 4) is 5.75 Å². The number of primary amides is 1. The van der Waals surface area contributed by atoms with Crippen LogP contribution in [0.3, 0.4) is 0 Å². The summed E-state index contributed by atoms with van der Waals surface area (Å²) < 4.78 is 4.90. The zero-order valence-corrected chi connectivity index (χ0v) is 12.0. The lowest BCUT2D eigenvalue weighted by Crippen LogP contribution is -2.26. The van der Waals surface area contributed by atoms with E-state index in [0.29, 0.717) is 5.75 Å². The third kappa shape index (κ3) is 5.07. The van der Waals surface area contributed by atoms with Gasteiger partial charge in [0.25, 0.3) is 5.69 Å². The molecular weight excluding hydrogens is 294 g/mol. The summed E-state index contributed by atoms with van der Waals surface area (Å²) in [6.45, 7) is 1.50.